The molecule has 0 radical (unpaired) electrons. The van der Waals surface area contributed by atoms with Crippen molar-refractivity contribution in [2.24, 2.45) is 5.73 Å². The summed E-state index contributed by atoms with van der Waals surface area (Å²) in [6.07, 6.45) is 0. The van der Waals surface area contributed by atoms with Gasteiger partial charge < -0.3 is 10.5 Å². The molecule has 0 unspecified atom stereocenters. The number of hydrogen-bond donors (Lipinski definition) is 2. The van der Waals surface area contributed by atoms with Gasteiger partial charge in [-0.05, 0) is 31.5 Å². The Balaban J connectivity index is 3.08. The molecule has 19 heavy (non-hydrogen) atoms. The minimum atomic E-state index is -3.69. The predicted molar refractivity (Wildman–Crippen MR) is 71.4 cm³/mol. The first kappa shape index (κ1) is 15.6. The van der Waals surface area contributed by atoms with Gasteiger partial charge in [-0.1, -0.05) is 6.07 Å². The monoisotopic (exact) mass is 286 g/mol. The summed E-state index contributed by atoms with van der Waals surface area (Å²) in [6.45, 7) is 3.63. The summed E-state index contributed by atoms with van der Waals surface area (Å²) in [5, 5.41) is 0. The number of primary amides is 1. The molecule has 6 nitrogen and oxygen atoms in total. The van der Waals surface area contributed by atoms with Crippen LogP contribution >= 0.6 is 0 Å². The standard InChI is InChI=1S/C12H18N2O4S/c1-8-4-5-10(6-11(8)12(13)15)19(16,17)14-9(2)7-18-3/h4-6,9,14H,7H2,1-3H3,(H2,13,15)/t9-/m0/s1. The first-order chi connectivity index (χ1) is 8.77. The topological polar surface area (TPSA) is 98.5 Å². The lowest BCUT2D eigenvalue weighted by atomic mass is 10.1. The summed E-state index contributed by atoms with van der Waals surface area (Å²) in [4.78, 5) is 11.2. The van der Waals surface area contributed by atoms with Gasteiger partial charge in [0.25, 0.3) is 0 Å². The second-order valence-electron chi connectivity index (χ2n) is 4.32. The van der Waals surface area contributed by atoms with Gasteiger partial charge in [0.15, 0.2) is 0 Å². The fraction of sp³-hybridized carbons (Fsp3) is 0.417. The summed E-state index contributed by atoms with van der Waals surface area (Å²) in [5.74, 6) is -0.653. The van der Waals surface area contributed by atoms with Crippen LogP contribution in [-0.2, 0) is 14.8 Å². The van der Waals surface area contributed by atoms with E-state index in [0.29, 0.717) is 5.56 Å². The summed E-state index contributed by atoms with van der Waals surface area (Å²) in [5.41, 5.74) is 6.03. The zero-order chi connectivity index (χ0) is 14.6. The van der Waals surface area contributed by atoms with Crippen molar-refractivity contribution in [1.29, 1.82) is 0 Å². The molecule has 0 aliphatic heterocycles. The van der Waals surface area contributed by atoms with Crippen molar-refractivity contribution in [2.45, 2.75) is 24.8 Å². The molecular weight excluding hydrogens is 268 g/mol. The zero-order valence-corrected chi connectivity index (χ0v) is 12.0. The normalized spacial score (nSPS) is 13.2. The summed E-state index contributed by atoms with van der Waals surface area (Å²) < 4.78 is 31.5. The van der Waals surface area contributed by atoms with Crippen LogP contribution in [0.1, 0.15) is 22.8 Å². The van der Waals surface area contributed by atoms with Gasteiger partial charge in [0.05, 0.1) is 11.5 Å². The lowest BCUT2D eigenvalue weighted by Crippen LogP contribution is -2.35. The van der Waals surface area contributed by atoms with E-state index in [9.17, 15) is 13.2 Å². The Morgan fingerprint density at radius 2 is 2.11 bits per heavy atom. The van der Waals surface area contributed by atoms with Crippen LogP contribution < -0.4 is 10.5 Å². The zero-order valence-electron chi connectivity index (χ0n) is 11.1. The molecule has 0 spiro atoms. The molecule has 106 valence electrons. The number of ether oxygens (including phenoxy) is 1. The summed E-state index contributed by atoms with van der Waals surface area (Å²) >= 11 is 0. The van der Waals surface area contributed by atoms with Crippen molar-refractivity contribution in [3.63, 3.8) is 0 Å². The molecule has 7 heteroatoms. The van der Waals surface area contributed by atoms with Gasteiger partial charge in [0.2, 0.25) is 15.9 Å². The molecule has 3 N–H and O–H groups in total. The van der Waals surface area contributed by atoms with E-state index in [1.54, 1.807) is 19.9 Å². The van der Waals surface area contributed by atoms with Gasteiger partial charge in [-0.2, -0.15) is 0 Å². The van der Waals surface area contributed by atoms with Crippen LogP contribution in [0.25, 0.3) is 0 Å². The maximum Gasteiger partial charge on any atom is 0.249 e. The third-order valence-corrected chi connectivity index (χ3v) is 4.15. The Bertz CT molecular complexity index is 569. The van der Waals surface area contributed by atoms with E-state index in [-0.39, 0.29) is 23.1 Å². The maximum absolute atomic E-state index is 12.1. The van der Waals surface area contributed by atoms with Gasteiger partial charge in [-0.25, -0.2) is 13.1 Å². The van der Waals surface area contributed by atoms with Gasteiger partial charge in [0, 0.05) is 18.7 Å². The van der Waals surface area contributed by atoms with Crippen LogP contribution in [0.5, 0.6) is 0 Å². The van der Waals surface area contributed by atoms with E-state index < -0.39 is 15.9 Å². The highest BCUT2D eigenvalue weighted by Crippen LogP contribution is 2.15. The summed E-state index contributed by atoms with van der Waals surface area (Å²) in [7, 11) is -2.20. The highest BCUT2D eigenvalue weighted by molar-refractivity contribution is 7.89. The van der Waals surface area contributed by atoms with Crippen LogP contribution in [0.3, 0.4) is 0 Å². The Hall–Kier alpha value is -1.44. The van der Waals surface area contributed by atoms with Crippen molar-refractivity contribution < 1.29 is 17.9 Å². The van der Waals surface area contributed by atoms with Crippen molar-refractivity contribution in [3.8, 4) is 0 Å². The van der Waals surface area contributed by atoms with Crippen molar-refractivity contribution >= 4 is 15.9 Å². The predicted octanol–water partition coefficient (Wildman–Crippen LogP) is 0.407. The molecule has 0 aliphatic rings. The van der Waals surface area contributed by atoms with Crippen LogP contribution in [0.2, 0.25) is 0 Å². The van der Waals surface area contributed by atoms with E-state index in [4.69, 9.17) is 10.5 Å². The van der Waals surface area contributed by atoms with Crippen molar-refractivity contribution in [2.75, 3.05) is 13.7 Å². The third-order valence-electron chi connectivity index (χ3n) is 2.56. The Labute approximate surface area is 113 Å². The number of hydrogen-bond acceptors (Lipinski definition) is 4. The molecule has 1 aromatic carbocycles. The molecule has 0 fully saturated rings. The van der Waals surface area contributed by atoms with Crippen LogP contribution in [0.15, 0.2) is 23.1 Å². The Kier molecular flexibility index (Phi) is 5.04. The van der Waals surface area contributed by atoms with Gasteiger partial charge in [-0.3, -0.25) is 4.79 Å². The molecule has 1 atom stereocenters. The first-order valence-electron chi connectivity index (χ1n) is 5.69. The van der Waals surface area contributed by atoms with Gasteiger partial charge in [-0.15, -0.1) is 0 Å². The largest absolute Gasteiger partial charge is 0.383 e. The highest BCUT2D eigenvalue weighted by atomic mass is 32.2. The van der Waals surface area contributed by atoms with E-state index >= 15 is 0 Å². The number of aryl methyl sites for hydroxylation is 1. The average Bonchev–Trinajstić information content (AvgIpc) is 2.28. The number of nitrogens with one attached hydrogen (secondary N) is 1. The Morgan fingerprint density at radius 1 is 1.47 bits per heavy atom. The molecule has 0 aromatic heterocycles. The number of nitrogens with two attached hydrogens (primary N) is 1. The third kappa shape index (κ3) is 4.02. The highest BCUT2D eigenvalue weighted by Gasteiger charge is 2.19. The molecule has 0 bridgehead atoms. The van der Waals surface area contributed by atoms with Gasteiger partial charge >= 0.3 is 0 Å². The number of methoxy groups -OCH3 is 1. The quantitative estimate of drug-likeness (QED) is 0.791. The van der Waals surface area contributed by atoms with Crippen molar-refractivity contribution in [3.05, 3.63) is 29.3 Å². The molecule has 1 aromatic rings. The number of rotatable bonds is 6. The maximum atomic E-state index is 12.1. The second kappa shape index (κ2) is 6.14. The van der Waals surface area contributed by atoms with E-state index in [0.717, 1.165) is 0 Å². The Morgan fingerprint density at radius 3 is 2.63 bits per heavy atom. The lowest BCUT2D eigenvalue weighted by molar-refractivity contribution is 0.0999. The number of carbonyl (C=O) groups excluding carboxylic acids is 1. The second-order valence-corrected chi connectivity index (χ2v) is 6.03. The van der Waals surface area contributed by atoms with E-state index in [1.165, 1.54) is 19.2 Å². The molecule has 0 saturated heterocycles. The number of carbonyl (C=O) groups is 1. The average molecular weight is 286 g/mol. The molecule has 0 aliphatic carbocycles. The van der Waals surface area contributed by atoms with E-state index in [1.807, 2.05) is 0 Å². The number of sulfonamides is 1. The number of benzene rings is 1. The molecule has 0 heterocycles. The first-order valence-corrected chi connectivity index (χ1v) is 7.18. The fourth-order valence-electron chi connectivity index (χ4n) is 1.65. The van der Waals surface area contributed by atoms with Crippen LogP contribution in [-0.4, -0.2) is 34.1 Å². The van der Waals surface area contributed by atoms with Crippen LogP contribution in [0, 0.1) is 6.92 Å². The lowest BCUT2D eigenvalue weighted by Gasteiger charge is -2.14. The fourth-order valence-corrected chi connectivity index (χ4v) is 2.90. The minimum absolute atomic E-state index is 0.00912. The molecule has 1 rings (SSSR count). The smallest absolute Gasteiger partial charge is 0.249 e. The summed E-state index contributed by atoms with van der Waals surface area (Å²) in [6, 6.07) is 3.90. The molecular formula is C12H18N2O4S. The SMILES string of the molecule is COC[C@H](C)NS(=O)(=O)c1ccc(C)c(C(N)=O)c1. The van der Waals surface area contributed by atoms with Crippen molar-refractivity contribution in [1.82, 2.24) is 4.72 Å². The number of amides is 1. The van der Waals surface area contributed by atoms with E-state index in [2.05, 4.69) is 4.72 Å². The van der Waals surface area contributed by atoms with Crippen LogP contribution in [0.4, 0.5) is 0 Å². The molecule has 0 saturated carbocycles. The molecule has 1 amide bonds. The van der Waals surface area contributed by atoms with Gasteiger partial charge in [0.1, 0.15) is 0 Å². The minimum Gasteiger partial charge on any atom is -0.383 e.